The van der Waals surface area contributed by atoms with E-state index in [4.69, 9.17) is 32.7 Å². The van der Waals surface area contributed by atoms with Crippen LogP contribution in [0, 0.1) is 11.6 Å². The second kappa shape index (κ2) is 8.92. The third kappa shape index (κ3) is 3.91. The van der Waals surface area contributed by atoms with Crippen LogP contribution in [0.5, 0.6) is 11.5 Å². The molecule has 4 aromatic rings. The molecule has 1 N–H and O–H groups in total. The molecule has 6 nitrogen and oxygen atoms in total. The molecule has 0 saturated carbocycles. The molecule has 0 amide bonds. The highest BCUT2D eigenvalue weighted by atomic mass is 35.5. The van der Waals surface area contributed by atoms with Crippen LogP contribution >= 0.6 is 23.2 Å². The highest BCUT2D eigenvalue weighted by Gasteiger charge is 2.25. The van der Waals surface area contributed by atoms with Crippen molar-refractivity contribution in [3.8, 4) is 22.8 Å². The van der Waals surface area contributed by atoms with Gasteiger partial charge in [0.1, 0.15) is 29.1 Å². The van der Waals surface area contributed by atoms with Gasteiger partial charge in [0, 0.05) is 48.1 Å². The van der Waals surface area contributed by atoms with Gasteiger partial charge < -0.3 is 14.4 Å². The quantitative estimate of drug-likeness (QED) is 0.321. The molecule has 176 valence electrons. The van der Waals surface area contributed by atoms with E-state index in [1.807, 2.05) is 0 Å². The number of nitrogens with one attached hydrogen (secondary N) is 1. The van der Waals surface area contributed by atoms with E-state index in [-0.39, 0.29) is 5.69 Å². The first-order chi connectivity index (χ1) is 16.4. The van der Waals surface area contributed by atoms with Crippen LogP contribution in [0.4, 0.5) is 14.5 Å². The van der Waals surface area contributed by atoms with E-state index in [0.717, 1.165) is 6.42 Å². The first-order valence-corrected chi connectivity index (χ1v) is 11.4. The fraction of sp³-hybridized carbons (Fsp3) is 0.250. The van der Waals surface area contributed by atoms with Crippen molar-refractivity contribution < 1.29 is 18.3 Å². The average molecular weight is 505 g/mol. The smallest absolute Gasteiger partial charge is 0.162 e. The van der Waals surface area contributed by atoms with E-state index >= 15 is 0 Å². The number of aromatic nitrogens is 3. The number of anilines is 1. The number of hydrogen-bond donors (Lipinski definition) is 1. The standard InChI is InChI=1S/C24H20Cl2F2N4O2/c1-12(22-15(25)10-29-11-16(22)26)34-21-8-14-19(9-20(21)33-2)30-31-23(14)13-6-17(27)24(18(28)7-13)32-4-3-5-32/h6-12H,3-5H2,1-2H3,(H,30,31). The van der Waals surface area contributed by atoms with E-state index in [9.17, 15) is 8.78 Å². The SMILES string of the molecule is COc1cc2[nH]nc(-c3cc(F)c(N4CCC4)c(F)c3)c2cc1OC(C)c1c(Cl)cncc1Cl. The van der Waals surface area contributed by atoms with Crippen LogP contribution in [-0.4, -0.2) is 35.4 Å². The van der Waals surface area contributed by atoms with Crippen molar-refractivity contribution in [3.63, 3.8) is 0 Å². The fourth-order valence-electron chi connectivity index (χ4n) is 4.10. The molecule has 0 bridgehead atoms. The number of aromatic amines is 1. The fourth-order valence-corrected chi connectivity index (χ4v) is 4.77. The minimum atomic E-state index is -0.619. The zero-order valence-corrected chi connectivity index (χ0v) is 19.8. The van der Waals surface area contributed by atoms with Crippen molar-refractivity contribution in [2.75, 3.05) is 25.1 Å². The maximum Gasteiger partial charge on any atom is 0.162 e. The molecule has 34 heavy (non-hydrogen) atoms. The van der Waals surface area contributed by atoms with Crippen molar-refractivity contribution in [1.82, 2.24) is 15.2 Å². The van der Waals surface area contributed by atoms with Gasteiger partial charge in [0.2, 0.25) is 0 Å². The van der Waals surface area contributed by atoms with Crippen LogP contribution in [0.3, 0.4) is 0 Å². The Balaban J connectivity index is 1.55. The second-order valence-corrected chi connectivity index (χ2v) is 8.84. The summed E-state index contributed by atoms with van der Waals surface area (Å²) in [4.78, 5) is 5.65. The number of fused-ring (bicyclic) bond motifs is 1. The molecule has 5 rings (SSSR count). The van der Waals surface area contributed by atoms with Crippen LogP contribution in [0.15, 0.2) is 36.7 Å². The predicted molar refractivity (Wildman–Crippen MR) is 128 cm³/mol. The molecule has 1 saturated heterocycles. The molecule has 1 fully saturated rings. The first-order valence-electron chi connectivity index (χ1n) is 10.6. The molecule has 2 aromatic carbocycles. The molecule has 1 atom stereocenters. The molecule has 2 aromatic heterocycles. The number of halogens is 4. The Hall–Kier alpha value is -3.10. The summed E-state index contributed by atoms with van der Waals surface area (Å²) in [6, 6.07) is 6.03. The number of rotatable bonds is 6. The second-order valence-electron chi connectivity index (χ2n) is 8.03. The van der Waals surface area contributed by atoms with Crippen LogP contribution < -0.4 is 14.4 Å². The number of hydrogen-bond acceptors (Lipinski definition) is 5. The highest BCUT2D eigenvalue weighted by Crippen LogP contribution is 2.41. The van der Waals surface area contributed by atoms with Gasteiger partial charge >= 0.3 is 0 Å². The Morgan fingerprint density at radius 3 is 2.29 bits per heavy atom. The minimum absolute atomic E-state index is 0.000431. The van der Waals surface area contributed by atoms with Gasteiger partial charge in [-0.2, -0.15) is 5.10 Å². The summed E-state index contributed by atoms with van der Waals surface area (Å²) in [6.45, 7) is 3.08. The molecule has 1 aliphatic rings. The maximum atomic E-state index is 14.8. The summed E-state index contributed by atoms with van der Waals surface area (Å²) >= 11 is 12.6. The number of ether oxygens (including phenoxy) is 2. The summed E-state index contributed by atoms with van der Waals surface area (Å²) < 4.78 is 41.3. The van der Waals surface area contributed by atoms with E-state index in [2.05, 4.69) is 15.2 Å². The molecule has 3 heterocycles. The molecule has 0 aliphatic carbocycles. The molecule has 1 aliphatic heterocycles. The van der Waals surface area contributed by atoms with Crippen LogP contribution in [-0.2, 0) is 0 Å². The Labute approximate surface area is 204 Å². The summed E-state index contributed by atoms with van der Waals surface area (Å²) in [5, 5.41) is 8.57. The van der Waals surface area contributed by atoms with Gasteiger partial charge in [-0.05, 0) is 31.5 Å². The van der Waals surface area contributed by atoms with Gasteiger partial charge in [-0.15, -0.1) is 0 Å². The zero-order valence-electron chi connectivity index (χ0n) is 18.3. The van der Waals surface area contributed by atoms with Crippen molar-refractivity contribution in [2.45, 2.75) is 19.4 Å². The van der Waals surface area contributed by atoms with E-state index in [0.29, 0.717) is 62.4 Å². The van der Waals surface area contributed by atoms with Crippen molar-refractivity contribution in [2.24, 2.45) is 0 Å². The van der Waals surface area contributed by atoms with Crippen molar-refractivity contribution in [1.29, 1.82) is 0 Å². The van der Waals surface area contributed by atoms with E-state index < -0.39 is 17.7 Å². The van der Waals surface area contributed by atoms with Crippen molar-refractivity contribution >= 4 is 39.8 Å². The third-order valence-corrected chi connectivity index (χ3v) is 6.51. The van der Waals surface area contributed by atoms with Gasteiger partial charge in [0.15, 0.2) is 11.5 Å². The topological polar surface area (TPSA) is 63.3 Å². The van der Waals surface area contributed by atoms with Gasteiger partial charge in [0.05, 0.1) is 22.7 Å². The average Bonchev–Trinajstić information content (AvgIpc) is 3.16. The van der Waals surface area contributed by atoms with Gasteiger partial charge in [-0.1, -0.05) is 23.2 Å². The summed E-state index contributed by atoms with van der Waals surface area (Å²) in [5.41, 5.74) is 1.91. The maximum absolute atomic E-state index is 14.8. The normalized spacial score (nSPS) is 14.2. The first kappa shape index (κ1) is 22.7. The zero-order chi connectivity index (χ0) is 24.0. The Morgan fingerprint density at radius 2 is 1.71 bits per heavy atom. The van der Waals surface area contributed by atoms with E-state index in [1.165, 1.54) is 31.6 Å². The number of benzene rings is 2. The minimum Gasteiger partial charge on any atom is -0.493 e. The number of nitrogens with zero attached hydrogens (tertiary/aromatic N) is 3. The highest BCUT2D eigenvalue weighted by molar-refractivity contribution is 6.35. The lowest BCUT2D eigenvalue weighted by Gasteiger charge is -2.33. The largest absolute Gasteiger partial charge is 0.493 e. The lowest BCUT2D eigenvalue weighted by molar-refractivity contribution is 0.216. The summed E-state index contributed by atoms with van der Waals surface area (Å²) in [5.74, 6) is -0.397. The Morgan fingerprint density at radius 1 is 1.03 bits per heavy atom. The summed E-state index contributed by atoms with van der Waals surface area (Å²) in [7, 11) is 1.52. The molecule has 10 heteroatoms. The molecule has 1 unspecified atom stereocenters. The third-order valence-electron chi connectivity index (χ3n) is 5.91. The van der Waals surface area contributed by atoms with Gasteiger partial charge in [-0.25, -0.2) is 8.78 Å². The van der Waals surface area contributed by atoms with Gasteiger partial charge in [0.25, 0.3) is 0 Å². The predicted octanol–water partition coefficient (Wildman–Crippen LogP) is 6.57. The molecular formula is C24H20Cl2F2N4O2. The number of methoxy groups -OCH3 is 1. The van der Waals surface area contributed by atoms with E-state index in [1.54, 1.807) is 24.0 Å². The summed E-state index contributed by atoms with van der Waals surface area (Å²) in [6.07, 6.45) is 3.37. The van der Waals surface area contributed by atoms with Crippen molar-refractivity contribution in [3.05, 3.63) is 63.9 Å². The lowest BCUT2D eigenvalue weighted by Crippen LogP contribution is -2.38. The Kier molecular flexibility index (Phi) is 5.95. The lowest BCUT2D eigenvalue weighted by atomic mass is 10.0. The molecule has 0 radical (unpaired) electrons. The monoisotopic (exact) mass is 504 g/mol. The molecular weight excluding hydrogens is 485 g/mol. The van der Waals surface area contributed by atoms with Gasteiger partial charge in [-0.3, -0.25) is 10.1 Å². The van der Waals surface area contributed by atoms with Crippen LogP contribution in [0.2, 0.25) is 10.0 Å². The van der Waals surface area contributed by atoms with Crippen LogP contribution in [0.1, 0.15) is 25.0 Å². The number of H-pyrrole nitrogens is 1. The van der Waals surface area contributed by atoms with Crippen LogP contribution in [0.25, 0.3) is 22.2 Å². The molecule has 0 spiro atoms. The Bertz CT molecular complexity index is 1350. The number of pyridine rings is 1.